The summed E-state index contributed by atoms with van der Waals surface area (Å²) in [5.41, 5.74) is 1.91. The van der Waals surface area contributed by atoms with Gasteiger partial charge in [0.1, 0.15) is 17.7 Å². The molecule has 0 saturated heterocycles. The molecule has 1 atom stereocenters. The Hall–Kier alpha value is -5.37. The fourth-order valence-corrected chi connectivity index (χ4v) is 5.40. The second kappa shape index (κ2) is 8.06. The number of hydrogen-bond donors (Lipinski definition) is 0. The van der Waals surface area contributed by atoms with Gasteiger partial charge in [-0.1, -0.05) is 66.7 Å². The molecule has 3 aromatic heterocycles. The minimum atomic E-state index is -0.879. The standard InChI is InChI=1S/C31H17FN4O3/c32-22-11-5-3-9-20(22)24-25-27(21-10-4-6-12-23(21)38-31(25)37)39-30-26(24)29-34-28(35-36(29)16-33-30)19-14-13-17-7-1-2-8-18(17)15-19/h1-16,24H. The molecule has 0 fully saturated rings. The summed E-state index contributed by atoms with van der Waals surface area (Å²) in [6.45, 7) is 0. The maximum absolute atomic E-state index is 15.4. The Bertz CT molecular complexity index is 2170. The van der Waals surface area contributed by atoms with Crippen LogP contribution in [0.4, 0.5) is 4.39 Å². The van der Waals surface area contributed by atoms with Gasteiger partial charge in [-0.15, -0.1) is 5.10 Å². The molecule has 8 heteroatoms. The molecule has 39 heavy (non-hydrogen) atoms. The highest BCUT2D eigenvalue weighted by Gasteiger charge is 2.38. The predicted molar refractivity (Wildman–Crippen MR) is 144 cm³/mol. The van der Waals surface area contributed by atoms with Crippen molar-refractivity contribution >= 4 is 27.4 Å². The van der Waals surface area contributed by atoms with E-state index < -0.39 is 17.4 Å². The zero-order valence-corrected chi connectivity index (χ0v) is 20.2. The van der Waals surface area contributed by atoms with E-state index >= 15 is 4.39 Å². The van der Waals surface area contributed by atoms with Gasteiger partial charge in [0.25, 0.3) is 0 Å². The Balaban J connectivity index is 1.42. The van der Waals surface area contributed by atoms with Gasteiger partial charge in [0, 0.05) is 11.1 Å². The van der Waals surface area contributed by atoms with Crippen LogP contribution in [0.2, 0.25) is 0 Å². The fraction of sp³-hybridized carbons (Fsp3) is 0.0323. The molecule has 8 rings (SSSR count). The van der Waals surface area contributed by atoms with Gasteiger partial charge < -0.3 is 9.15 Å². The van der Waals surface area contributed by atoms with E-state index in [2.05, 4.69) is 10.1 Å². The molecule has 0 aliphatic carbocycles. The van der Waals surface area contributed by atoms with Crippen molar-refractivity contribution in [3.63, 3.8) is 0 Å². The fourth-order valence-electron chi connectivity index (χ4n) is 5.40. The Morgan fingerprint density at radius 3 is 2.54 bits per heavy atom. The number of nitrogens with zero attached hydrogens (tertiary/aromatic N) is 4. The van der Waals surface area contributed by atoms with Gasteiger partial charge in [0.2, 0.25) is 5.88 Å². The average Bonchev–Trinajstić information content (AvgIpc) is 3.41. The number of ether oxygens (including phenoxy) is 1. The van der Waals surface area contributed by atoms with E-state index in [9.17, 15) is 4.79 Å². The largest absolute Gasteiger partial charge is 0.437 e. The second-order valence-corrected chi connectivity index (χ2v) is 9.41. The Labute approximate surface area is 219 Å². The molecule has 1 unspecified atom stereocenters. The summed E-state index contributed by atoms with van der Waals surface area (Å²) < 4.78 is 28.9. The van der Waals surface area contributed by atoms with Crippen LogP contribution in [0.5, 0.6) is 11.6 Å². The highest BCUT2D eigenvalue weighted by molar-refractivity contribution is 5.88. The van der Waals surface area contributed by atoms with Gasteiger partial charge in [-0.2, -0.15) is 0 Å². The van der Waals surface area contributed by atoms with Crippen molar-refractivity contribution in [3.05, 3.63) is 130 Å². The number of para-hydroxylation sites is 1. The molecule has 4 aromatic carbocycles. The van der Waals surface area contributed by atoms with Crippen LogP contribution in [0.1, 0.15) is 22.6 Å². The lowest BCUT2D eigenvalue weighted by molar-refractivity contribution is 0.420. The van der Waals surface area contributed by atoms with E-state index in [-0.39, 0.29) is 17.0 Å². The minimum absolute atomic E-state index is 0.191. The third-order valence-corrected chi connectivity index (χ3v) is 7.19. The third-order valence-electron chi connectivity index (χ3n) is 7.19. The van der Waals surface area contributed by atoms with Crippen LogP contribution in [-0.2, 0) is 0 Å². The first-order valence-electron chi connectivity index (χ1n) is 12.4. The summed E-state index contributed by atoms with van der Waals surface area (Å²) in [6.07, 6.45) is 1.52. The quantitative estimate of drug-likeness (QED) is 0.247. The molecule has 0 bridgehead atoms. The molecule has 1 aliphatic heterocycles. The van der Waals surface area contributed by atoms with Crippen molar-refractivity contribution < 1.29 is 13.5 Å². The molecular weight excluding hydrogens is 495 g/mol. The number of hydrogen-bond acceptors (Lipinski definition) is 6. The number of halogens is 1. The lowest BCUT2D eigenvalue weighted by Crippen LogP contribution is -2.23. The SMILES string of the molecule is O=c1oc2ccccc2c2c1C(c1ccccc1F)c1c(ncn3nc(-c4ccc5ccccc5c4)nc13)O2. The lowest BCUT2D eigenvalue weighted by atomic mass is 9.84. The summed E-state index contributed by atoms with van der Waals surface area (Å²) >= 11 is 0. The van der Waals surface area contributed by atoms with Gasteiger partial charge in [0.05, 0.1) is 22.4 Å². The van der Waals surface area contributed by atoms with E-state index in [4.69, 9.17) is 14.1 Å². The molecule has 7 aromatic rings. The van der Waals surface area contributed by atoms with Crippen LogP contribution < -0.4 is 10.4 Å². The molecule has 186 valence electrons. The molecule has 0 saturated carbocycles. The Kier molecular flexibility index (Phi) is 4.48. The van der Waals surface area contributed by atoms with Crippen LogP contribution >= 0.6 is 0 Å². The molecule has 0 amide bonds. The van der Waals surface area contributed by atoms with Gasteiger partial charge >= 0.3 is 5.63 Å². The first-order chi connectivity index (χ1) is 19.2. The topological polar surface area (TPSA) is 82.5 Å². The Morgan fingerprint density at radius 1 is 0.846 bits per heavy atom. The molecule has 7 nitrogen and oxygen atoms in total. The van der Waals surface area contributed by atoms with Crippen LogP contribution in [-0.4, -0.2) is 19.6 Å². The van der Waals surface area contributed by atoms with E-state index in [1.807, 2.05) is 48.5 Å². The summed E-state index contributed by atoms with van der Waals surface area (Å²) in [5, 5.41) is 7.43. The summed E-state index contributed by atoms with van der Waals surface area (Å²) in [4.78, 5) is 22.8. The van der Waals surface area contributed by atoms with Gasteiger partial charge in [0.15, 0.2) is 17.2 Å². The summed E-state index contributed by atoms with van der Waals surface area (Å²) in [5.74, 6) is -0.342. The van der Waals surface area contributed by atoms with E-state index in [0.717, 1.165) is 16.3 Å². The molecule has 0 N–H and O–H groups in total. The number of benzene rings is 4. The zero-order chi connectivity index (χ0) is 26.1. The lowest BCUT2D eigenvalue weighted by Gasteiger charge is -2.27. The monoisotopic (exact) mass is 512 g/mol. The first kappa shape index (κ1) is 21.7. The van der Waals surface area contributed by atoms with Crippen LogP contribution in [0, 0.1) is 5.82 Å². The van der Waals surface area contributed by atoms with Crippen LogP contribution in [0.3, 0.4) is 0 Å². The zero-order valence-electron chi connectivity index (χ0n) is 20.2. The molecule has 4 heterocycles. The van der Waals surface area contributed by atoms with Crippen molar-refractivity contribution in [2.75, 3.05) is 0 Å². The van der Waals surface area contributed by atoms with Crippen molar-refractivity contribution in [2.45, 2.75) is 5.92 Å². The van der Waals surface area contributed by atoms with E-state index in [1.165, 1.54) is 16.9 Å². The maximum Gasteiger partial charge on any atom is 0.344 e. The molecule has 0 spiro atoms. The van der Waals surface area contributed by atoms with Gasteiger partial charge in [-0.3, -0.25) is 0 Å². The minimum Gasteiger partial charge on any atom is -0.437 e. The van der Waals surface area contributed by atoms with Gasteiger partial charge in [-0.25, -0.2) is 23.7 Å². The second-order valence-electron chi connectivity index (χ2n) is 9.41. The number of aromatic nitrogens is 4. The van der Waals surface area contributed by atoms with Crippen LogP contribution in [0.15, 0.2) is 107 Å². The maximum atomic E-state index is 15.4. The highest BCUT2D eigenvalue weighted by atomic mass is 19.1. The normalized spacial score (nSPS) is 14.3. The molecule has 0 radical (unpaired) electrons. The van der Waals surface area contributed by atoms with Gasteiger partial charge in [-0.05, 0) is 35.0 Å². The number of rotatable bonds is 2. The van der Waals surface area contributed by atoms with Crippen molar-refractivity contribution in [3.8, 4) is 23.0 Å². The van der Waals surface area contributed by atoms with E-state index in [1.54, 1.807) is 36.4 Å². The smallest absolute Gasteiger partial charge is 0.344 e. The van der Waals surface area contributed by atoms with Crippen molar-refractivity contribution in [1.29, 1.82) is 0 Å². The van der Waals surface area contributed by atoms with Crippen LogP contribution in [0.25, 0.3) is 38.8 Å². The van der Waals surface area contributed by atoms with Crippen molar-refractivity contribution in [1.82, 2.24) is 19.6 Å². The summed E-state index contributed by atoms with van der Waals surface area (Å²) in [6, 6.07) is 27.5. The average molecular weight is 513 g/mol. The number of fused-ring (bicyclic) bond motifs is 7. The first-order valence-corrected chi connectivity index (χ1v) is 12.4. The predicted octanol–water partition coefficient (Wildman–Crippen LogP) is 6.48. The molecule has 1 aliphatic rings. The van der Waals surface area contributed by atoms with E-state index in [0.29, 0.717) is 33.8 Å². The molecular formula is C31H17FN4O3. The highest BCUT2D eigenvalue weighted by Crippen LogP contribution is 2.49. The third kappa shape index (κ3) is 3.21. The Morgan fingerprint density at radius 2 is 1.64 bits per heavy atom. The summed E-state index contributed by atoms with van der Waals surface area (Å²) in [7, 11) is 0. The van der Waals surface area contributed by atoms with Crippen molar-refractivity contribution in [2.24, 2.45) is 0 Å².